The second kappa shape index (κ2) is 6.98. The molecule has 0 saturated carbocycles. The molecule has 0 atom stereocenters. The molecule has 0 saturated heterocycles. The van der Waals surface area contributed by atoms with E-state index in [4.69, 9.17) is 0 Å². The SMILES string of the molecule is CCNNC(=O)c1ccc(Cn2c3ccccc3c3cnccc32)cc1. The highest BCUT2D eigenvalue weighted by Crippen LogP contribution is 2.28. The summed E-state index contributed by atoms with van der Waals surface area (Å²) < 4.78 is 2.29. The van der Waals surface area contributed by atoms with Crippen molar-refractivity contribution in [3.05, 3.63) is 78.1 Å². The molecular weight excluding hydrogens is 324 g/mol. The fraction of sp³-hybridized carbons (Fsp3) is 0.143. The average molecular weight is 344 g/mol. The Kier molecular flexibility index (Phi) is 4.37. The number of fused-ring (bicyclic) bond motifs is 3. The van der Waals surface area contributed by atoms with Gasteiger partial charge in [-0.15, -0.1) is 0 Å². The third-order valence-electron chi connectivity index (χ3n) is 4.51. The summed E-state index contributed by atoms with van der Waals surface area (Å²) in [4.78, 5) is 16.3. The standard InChI is InChI=1S/C21H20N4O/c1-2-23-24-21(26)16-9-7-15(8-10-16)14-25-19-6-4-3-5-17(19)18-13-22-12-11-20(18)25/h3-13,23H,2,14H2,1H3,(H,24,26). The van der Waals surface area contributed by atoms with Crippen molar-refractivity contribution < 1.29 is 4.79 Å². The van der Waals surface area contributed by atoms with Gasteiger partial charge in [0.25, 0.3) is 5.91 Å². The predicted octanol–water partition coefficient (Wildman–Crippen LogP) is 3.49. The molecule has 5 nitrogen and oxygen atoms in total. The molecule has 4 aromatic rings. The van der Waals surface area contributed by atoms with Crippen molar-refractivity contribution in [1.82, 2.24) is 20.4 Å². The van der Waals surface area contributed by atoms with E-state index in [9.17, 15) is 4.79 Å². The summed E-state index contributed by atoms with van der Waals surface area (Å²) in [5.74, 6) is -0.124. The summed E-state index contributed by atoms with van der Waals surface area (Å²) >= 11 is 0. The number of carbonyl (C=O) groups is 1. The molecule has 0 aliphatic heterocycles. The highest BCUT2D eigenvalue weighted by Gasteiger charge is 2.11. The minimum atomic E-state index is -0.124. The van der Waals surface area contributed by atoms with Crippen molar-refractivity contribution >= 4 is 27.7 Å². The van der Waals surface area contributed by atoms with Crippen LogP contribution < -0.4 is 10.9 Å². The number of nitrogens with one attached hydrogen (secondary N) is 2. The zero-order valence-electron chi connectivity index (χ0n) is 14.6. The molecule has 0 aliphatic rings. The molecule has 5 heteroatoms. The maximum Gasteiger partial charge on any atom is 0.265 e. The number of para-hydroxylation sites is 1. The smallest absolute Gasteiger partial charge is 0.265 e. The summed E-state index contributed by atoms with van der Waals surface area (Å²) in [6.07, 6.45) is 3.74. The number of hydrogen-bond donors (Lipinski definition) is 2. The van der Waals surface area contributed by atoms with Gasteiger partial charge in [-0.1, -0.05) is 37.3 Å². The normalized spacial score (nSPS) is 11.1. The van der Waals surface area contributed by atoms with Crippen LogP contribution in [0.2, 0.25) is 0 Å². The highest BCUT2D eigenvalue weighted by molar-refractivity contribution is 6.07. The third-order valence-corrected chi connectivity index (χ3v) is 4.51. The molecule has 2 aromatic heterocycles. The first-order valence-corrected chi connectivity index (χ1v) is 8.71. The minimum Gasteiger partial charge on any atom is -0.336 e. The van der Waals surface area contributed by atoms with Crippen LogP contribution in [0.1, 0.15) is 22.8 Å². The molecule has 0 aliphatic carbocycles. The second-order valence-electron chi connectivity index (χ2n) is 6.18. The lowest BCUT2D eigenvalue weighted by molar-refractivity contribution is 0.0934. The number of carbonyl (C=O) groups excluding carboxylic acids is 1. The van der Waals surface area contributed by atoms with Gasteiger partial charge in [0, 0.05) is 47.3 Å². The number of hydrogen-bond acceptors (Lipinski definition) is 3. The van der Waals surface area contributed by atoms with Gasteiger partial charge in [0.1, 0.15) is 0 Å². The van der Waals surface area contributed by atoms with E-state index in [2.05, 4.69) is 44.7 Å². The van der Waals surface area contributed by atoms with Crippen molar-refractivity contribution in [2.24, 2.45) is 0 Å². The Morgan fingerprint density at radius 3 is 2.58 bits per heavy atom. The van der Waals surface area contributed by atoms with Gasteiger partial charge in [-0.05, 0) is 29.8 Å². The molecule has 2 N–H and O–H groups in total. The van der Waals surface area contributed by atoms with Crippen LogP contribution in [-0.4, -0.2) is 22.0 Å². The van der Waals surface area contributed by atoms with Crippen molar-refractivity contribution in [3.63, 3.8) is 0 Å². The second-order valence-corrected chi connectivity index (χ2v) is 6.18. The van der Waals surface area contributed by atoms with E-state index in [-0.39, 0.29) is 5.91 Å². The lowest BCUT2D eigenvalue weighted by atomic mass is 10.1. The molecule has 4 rings (SSSR count). The van der Waals surface area contributed by atoms with Gasteiger partial charge < -0.3 is 4.57 Å². The zero-order valence-corrected chi connectivity index (χ0v) is 14.6. The number of aromatic nitrogens is 2. The summed E-state index contributed by atoms with van der Waals surface area (Å²) in [7, 11) is 0. The first kappa shape index (κ1) is 16.3. The summed E-state index contributed by atoms with van der Waals surface area (Å²) in [5, 5.41) is 2.36. The van der Waals surface area contributed by atoms with Crippen LogP contribution >= 0.6 is 0 Å². The van der Waals surface area contributed by atoms with Gasteiger partial charge in [-0.2, -0.15) is 0 Å². The lowest BCUT2D eigenvalue weighted by Gasteiger charge is -2.09. The zero-order chi connectivity index (χ0) is 17.9. The minimum absolute atomic E-state index is 0.124. The fourth-order valence-electron chi connectivity index (χ4n) is 3.25. The Bertz CT molecular complexity index is 1010. The van der Waals surface area contributed by atoms with Crippen molar-refractivity contribution in [1.29, 1.82) is 0 Å². The maximum atomic E-state index is 12.0. The van der Waals surface area contributed by atoms with E-state index < -0.39 is 0 Å². The van der Waals surface area contributed by atoms with E-state index in [1.807, 2.05) is 49.6 Å². The largest absolute Gasteiger partial charge is 0.336 e. The highest BCUT2D eigenvalue weighted by atomic mass is 16.2. The topological polar surface area (TPSA) is 58.9 Å². The lowest BCUT2D eigenvalue weighted by Crippen LogP contribution is -2.36. The van der Waals surface area contributed by atoms with Crippen LogP contribution in [-0.2, 0) is 6.54 Å². The third kappa shape index (κ3) is 2.93. The Balaban J connectivity index is 1.68. The van der Waals surface area contributed by atoms with Gasteiger partial charge in [0.15, 0.2) is 0 Å². The number of benzene rings is 2. The average Bonchev–Trinajstić information content (AvgIpc) is 3.01. The van der Waals surface area contributed by atoms with Crippen LogP contribution in [0.25, 0.3) is 21.8 Å². The van der Waals surface area contributed by atoms with Gasteiger partial charge in [-0.3, -0.25) is 15.2 Å². The van der Waals surface area contributed by atoms with E-state index in [0.717, 1.165) is 23.0 Å². The molecular formula is C21H20N4O. The Morgan fingerprint density at radius 1 is 1.00 bits per heavy atom. The van der Waals surface area contributed by atoms with Gasteiger partial charge in [0.2, 0.25) is 0 Å². The van der Waals surface area contributed by atoms with Gasteiger partial charge >= 0.3 is 0 Å². The predicted molar refractivity (Wildman–Crippen MR) is 104 cm³/mol. The molecule has 2 heterocycles. The van der Waals surface area contributed by atoms with Crippen LogP contribution in [0.4, 0.5) is 0 Å². The molecule has 130 valence electrons. The van der Waals surface area contributed by atoms with E-state index >= 15 is 0 Å². The number of rotatable bonds is 5. The Hall–Kier alpha value is -3.18. The van der Waals surface area contributed by atoms with Crippen molar-refractivity contribution in [2.45, 2.75) is 13.5 Å². The van der Waals surface area contributed by atoms with Gasteiger partial charge in [0.05, 0.1) is 5.52 Å². The monoisotopic (exact) mass is 344 g/mol. The molecule has 1 amide bonds. The van der Waals surface area contributed by atoms with E-state index in [1.54, 1.807) is 0 Å². The number of pyridine rings is 1. The van der Waals surface area contributed by atoms with Crippen LogP contribution in [0.5, 0.6) is 0 Å². The Morgan fingerprint density at radius 2 is 1.77 bits per heavy atom. The van der Waals surface area contributed by atoms with E-state index in [0.29, 0.717) is 12.1 Å². The molecule has 0 fully saturated rings. The van der Waals surface area contributed by atoms with E-state index in [1.165, 1.54) is 10.9 Å². The summed E-state index contributed by atoms with van der Waals surface area (Å²) in [5.41, 5.74) is 9.62. The molecule has 26 heavy (non-hydrogen) atoms. The number of hydrazine groups is 1. The fourth-order valence-corrected chi connectivity index (χ4v) is 3.25. The first-order chi connectivity index (χ1) is 12.8. The first-order valence-electron chi connectivity index (χ1n) is 8.71. The molecule has 0 bridgehead atoms. The number of amides is 1. The Labute approximate surface area is 151 Å². The van der Waals surface area contributed by atoms with Crippen LogP contribution in [0.3, 0.4) is 0 Å². The molecule has 2 aromatic carbocycles. The number of nitrogens with zero attached hydrogens (tertiary/aromatic N) is 2. The molecule has 0 unspecified atom stereocenters. The maximum absolute atomic E-state index is 12.0. The van der Waals surface area contributed by atoms with Crippen molar-refractivity contribution in [2.75, 3.05) is 6.54 Å². The molecule has 0 spiro atoms. The summed E-state index contributed by atoms with van der Waals surface area (Å²) in [6.45, 7) is 3.36. The quantitative estimate of drug-likeness (QED) is 0.545. The van der Waals surface area contributed by atoms with Crippen LogP contribution in [0, 0.1) is 0 Å². The molecule has 0 radical (unpaired) electrons. The van der Waals surface area contributed by atoms with Gasteiger partial charge in [-0.25, -0.2) is 5.43 Å². The van der Waals surface area contributed by atoms with Crippen molar-refractivity contribution in [3.8, 4) is 0 Å². The summed E-state index contributed by atoms with van der Waals surface area (Å²) in [6, 6.07) is 18.1. The van der Waals surface area contributed by atoms with Crippen LogP contribution in [0.15, 0.2) is 67.0 Å².